The van der Waals surface area contributed by atoms with Crippen LogP contribution in [0.5, 0.6) is 0 Å². The van der Waals surface area contributed by atoms with E-state index in [0.717, 1.165) is 27.9 Å². The van der Waals surface area contributed by atoms with E-state index in [1.807, 2.05) is 36.4 Å². The predicted octanol–water partition coefficient (Wildman–Crippen LogP) is 4.61. The fraction of sp³-hybridized carbons (Fsp3) is 0.0625. The molecule has 1 N–H and O–H groups in total. The second-order valence-corrected chi connectivity index (χ2v) is 5.27. The minimum absolute atomic E-state index is 0.723. The molecule has 0 aliphatic heterocycles. The van der Waals surface area contributed by atoms with Crippen molar-refractivity contribution in [2.75, 3.05) is 5.32 Å². The first-order valence-electron chi connectivity index (χ1n) is 6.15. The van der Waals surface area contributed by atoms with Crippen LogP contribution in [0, 0.1) is 0 Å². The van der Waals surface area contributed by atoms with Crippen molar-refractivity contribution in [2.45, 2.75) is 6.54 Å². The lowest BCUT2D eigenvalue weighted by atomic mass is 10.2. The number of benzene rings is 2. The number of anilines is 1. The molecule has 0 spiro atoms. The Bertz CT molecular complexity index is 710. The van der Waals surface area contributed by atoms with Crippen LogP contribution in [0.4, 0.5) is 5.69 Å². The summed E-state index contributed by atoms with van der Waals surface area (Å²) < 4.78 is 1.07. The van der Waals surface area contributed by atoms with Crippen LogP contribution in [0.1, 0.15) is 5.69 Å². The first-order chi connectivity index (χ1) is 9.31. The summed E-state index contributed by atoms with van der Waals surface area (Å²) in [5.41, 5.74) is 3.17. The van der Waals surface area contributed by atoms with Crippen molar-refractivity contribution in [1.82, 2.24) is 4.98 Å². The van der Waals surface area contributed by atoms with Gasteiger partial charge in [-0.15, -0.1) is 0 Å². The summed E-state index contributed by atoms with van der Waals surface area (Å²) >= 11 is 3.47. The molecule has 0 saturated carbocycles. The van der Waals surface area contributed by atoms with Crippen molar-refractivity contribution in [1.29, 1.82) is 0 Å². The first kappa shape index (κ1) is 12.2. The van der Waals surface area contributed by atoms with Gasteiger partial charge in [0.15, 0.2) is 0 Å². The molecule has 1 heterocycles. The summed E-state index contributed by atoms with van der Waals surface area (Å²) in [6.45, 7) is 0.723. The van der Waals surface area contributed by atoms with E-state index in [1.165, 1.54) is 5.39 Å². The number of hydrogen-bond donors (Lipinski definition) is 1. The molecule has 0 bridgehead atoms. The zero-order chi connectivity index (χ0) is 13.1. The molecule has 0 saturated heterocycles. The van der Waals surface area contributed by atoms with Gasteiger partial charge in [0.2, 0.25) is 0 Å². The molecular weight excluding hydrogens is 300 g/mol. The number of nitrogens with zero attached hydrogens (tertiary/aromatic N) is 1. The van der Waals surface area contributed by atoms with Crippen LogP contribution < -0.4 is 5.32 Å². The van der Waals surface area contributed by atoms with Crippen LogP contribution in [-0.4, -0.2) is 4.98 Å². The van der Waals surface area contributed by atoms with Gasteiger partial charge in [-0.25, -0.2) is 0 Å². The molecule has 0 amide bonds. The Morgan fingerprint density at radius 3 is 2.74 bits per heavy atom. The fourth-order valence-electron chi connectivity index (χ4n) is 2.00. The predicted molar refractivity (Wildman–Crippen MR) is 83.2 cm³/mol. The van der Waals surface area contributed by atoms with Gasteiger partial charge in [0, 0.05) is 15.5 Å². The summed E-state index contributed by atoms with van der Waals surface area (Å²) in [7, 11) is 0. The summed E-state index contributed by atoms with van der Waals surface area (Å²) in [6.07, 6.45) is 0. The molecule has 0 radical (unpaired) electrons. The average Bonchev–Trinajstić information content (AvgIpc) is 2.45. The highest BCUT2D eigenvalue weighted by molar-refractivity contribution is 9.10. The second-order valence-electron chi connectivity index (χ2n) is 4.36. The third-order valence-electron chi connectivity index (χ3n) is 2.95. The molecule has 3 aromatic rings. The van der Waals surface area contributed by atoms with Crippen molar-refractivity contribution in [3.63, 3.8) is 0 Å². The van der Waals surface area contributed by atoms with Gasteiger partial charge in [-0.2, -0.15) is 0 Å². The number of rotatable bonds is 3. The maximum atomic E-state index is 4.64. The highest BCUT2D eigenvalue weighted by atomic mass is 79.9. The van der Waals surface area contributed by atoms with Crippen molar-refractivity contribution in [2.24, 2.45) is 0 Å². The second kappa shape index (κ2) is 5.41. The molecule has 0 aliphatic carbocycles. The number of aromatic nitrogens is 1. The van der Waals surface area contributed by atoms with E-state index in [-0.39, 0.29) is 0 Å². The zero-order valence-electron chi connectivity index (χ0n) is 10.3. The van der Waals surface area contributed by atoms with E-state index in [0.29, 0.717) is 0 Å². The largest absolute Gasteiger partial charge is 0.379 e. The lowest BCUT2D eigenvalue weighted by molar-refractivity contribution is 1.07. The number of nitrogens with one attached hydrogen (secondary N) is 1. The van der Waals surface area contributed by atoms with Crippen LogP contribution >= 0.6 is 15.9 Å². The summed E-state index contributed by atoms with van der Waals surface area (Å²) in [6, 6.07) is 20.5. The normalized spacial score (nSPS) is 10.6. The van der Waals surface area contributed by atoms with E-state index in [4.69, 9.17) is 0 Å². The fourth-order valence-corrected chi connectivity index (χ4v) is 2.40. The molecule has 3 rings (SSSR count). The minimum Gasteiger partial charge on any atom is -0.379 e. The number of halogens is 1. The minimum atomic E-state index is 0.723. The summed E-state index contributed by atoms with van der Waals surface area (Å²) in [5, 5.41) is 4.55. The van der Waals surface area contributed by atoms with Crippen LogP contribution in [0.2, 0.25) is 0 Å². The summed E-state index contributed by atoms with van der Waals surface area (Å²) in [4.78, 5) is 4.64. The van der Waals surface area contributed by atoms with Crippen molar-refractivity contribution in [3.8, 4) is 0 Å². The topological polar surface area (TPSA) is 24.9 Å². The van der Waals surface area contributed by atoms with Gasteiger partial charge >= 0.3 is 0 Å². The van der Waals surface area contributed by atoms with E-state index in [2.05, 4.69) is 50.5 Å². The van der Waals surface area contributed by atoms with Gasteiger partial charge in [0.25, 0.3) is 0 Å². The number of pyridine rings is 1. The van der Waals surface area contributed by atoms with Crippen molar-refractivity contribution < 1.29 is 0 Å². The van der Waals surface area contributed by atoms with Crippen LogP contribution in [0.3, 0.4) is 0 Å². The van der Waals surface area contributed by atoms with Crippen LogP contribution in [0.25, 0.3) is 10.9 Å². The SMILES string of the molecule is Brc1cccc(NCc2ccc3ccccc3n2)c1. The number of fused-ring (bicyclic) bond motifs is 1. The molecule has 0 fully saturated rings. The maximum Gasteiger partial charge on any atom is 0.0706 e. The molecule has 94 valence electrons. The maximum absolute atomic E-state index is 4.64. The van der Waals surface area contributed by atoms with Gasteiger partial charge in [-0.3, -0.25) is 4.98 Å². The Hall–Kier alpha value is -1.87. The third-order valence-corrected chi connectivity index (χ3v) is 3.45. The van der Waals surface area contributed by atoms with Crippen LogP contribution in [0.15, 0.2) is 65.1 Å². The first-order valence-corrected chi connectivity index (χ1v) is 6.95. The third kappa shape index (κ3) is 2.93. The average molecular weight is 313 g/mol. The smallest absolute Gasteiger partial charge is 0.0706 e. The standard InChI is InChI=1S/C16H13BrN2/c17-13-5-3-6-14(10-13)18-11-15-9-8-12-4-1-2-7-16(12)19-15/h1-10,18H,11H2. The Balaban J connectivity index is 1.78. The quantitative estimate of drug-likeness (QED) is 0.764. The van der Waals surface area contributed by atoms with E-state index < -0.39 is 0 Å². The van der Waals surface area contributed by atoms with Crippen molar-refractivity contribution in [3.05, 3.63) is 70.8 Å². The molecule has 0 aliphatic rings. The highest BCUT2D eigenvalue weighted by Gasteiger charge is 1.98. The Morgan fingerprint density at radius 1 is 0.947 bits per heavy atom. The lowest BCUT2D eigenvalue weighted by Gasteiger charge is -2.07. The highest BCUT2D eigenvalue weighted by Crippen LogP contribution is 2.17. The number of para-hydroxylation sites is 1. The van der Waals surface area contributed by atoms with E-state index in [1.54, 1.807) is 0 Å². The monoisotopic (exact) mass is 312 g/mol. The number of hydrogen-bond acceptors (Lipinski definition) is 2. The Kier molecular flexibility index (Phi) is 3.47. The van der Waals surface area contributed by atoms with E-state index >= 15 is 0 Å². The summed E-state index contributed by atoms with van der Waals surface area (Å²) in [5.74, 6) is 0. The Labute approximate surface area is 120 Å². The lowest BCUT2D eigenvalue weighted by Crippen LogP contribution is -2.01. The van der Waals surface area contributed by atoms with Gasteiger partial charge < -0.3 is 5.32 Å². The van der Waals surface area contributed by atoms with Gasteiger partial charge in [0.1, 0.15) is 0 Å². The molecule has 1 aromatic heterocycles. The van der Waals surface area contributed by atoms with Crippen LogP contribution in [-0.2, 0) is 6.54 Å². The molecule has 2 aromatic carbocycles. The van der Waals surface area contributed by atoms with Gasteiger partial charge in [-0.05, 0) is 30.3 Å². The molecule has 2 nitrogen and oxygen atoms in total. The van der Waals surface area contributed by atoms with E-state index in [9.17, 15) is 0 Å². The molecule has 19 heavy (non-hydrogen) atoms. The van der Waals surface area contributed by atoms with Gasteiger partial charge in [-0.1, -0.05) is 46.3 Å². The van der Waals surface area contributed by atoms with Gasteiger partial charge in [0.05, 0.1) is 17.8 Å². The van der Waals surface area contributed by atoms with Crippen molar-refractivity contribution >= 4 is 32.5 Å². The molecule has 0 atom stereocenters. The molecule has 3 heteroatoms. The zero-order valence-corrected chi connectivity index (χ0v) is 11.9. The molecular formula is C16H13BrN2. The Morgan fingerprint density at radius 2 is 1.84 bits per heavy atom. The molecule has 0 unspecified atom stereocenters.